The molecule has 0 aliphatic carbocycles. The van der Waals surface area contributed by atoms with Crippen molar-refractivity contribution in [2.75, 3.05) is 0 Å². The summed E-state index contributed by atoms with van der Waals surface area (Å²) in [5, 5.41) is 15.1. The summed E-state index contributed by atoms with van der Waals surface area (Å²) in [6, 6.07) is 3.76. The average Bonchev–Trinajstić information content (AvgIpc) is 3.01. The lowest BCUT2D eigenvalue weighted by molar-refractivity contribution is 0.293. The Kier molecular flexibility index (Phi) is 3.62. The van der Waals surface area contributed by atoms with Crippen LogP contribution in [0.5, 0.6) is 5.75 Å². The largest absolute Gasteiger partial charge is 0.488 e. The van der Waals surface area contributed by atoms with Crippen molar-refractivity contribution in [3.8, 4) is 5.75 Å². The summed E-state index contributed by atoms with van der Waals surface area (Å²) >= 11 is 0. The minimum Gasteiger partial charge on any atom is -0.488 e. The molecule has 0 saturated heterocycles. The predicted molar refractivity (Wildman–Crippen MR) is 78.8 cm³/mol. The van der Waals surface area contributed by atoms with Crippen LogP contribution < -0.4 is 15.5 Å². The summed E-state index contributed by atoms with van der Waals surface area (Å²) in [6.07, 6.45) is 0.649. The molecule has 0 fully saturated rings. The Morgan fingerprint density at radius 1 is 1.27 bits per heavy atom. The van der Waals surface area contributed by atoms with E-state index in [4.69, 9.17) is 9.15 Å². The Morgan fingerprint density at radius 3 is 2.77 bits per heavy atom. The molecule has 7 nitrogen and oxygen atoms in total. The van der Waals surface area contributed by atoms with Gasteiger partial charge in [0.05, 0.1) is 0 Å². The van der Waals surface area contributed by atoms with E-state index in [-0.39, 0.29) is 12.2 Å². The molecule has 22 heavy (non-hydrogen) atoms. The first-order valence-electron chi connectivity index (χ1n) is 6.98. The standard InChI is InChI=1S/C15H15N4O3/c1-4-10-8(2)11-5-6-12(9(3)14(11)22-15(10)20)21-7-13-16-18-19-17-13/h5-6H,4,7H2,1-3H3/q-1. The average molecular weight is 299 g/mol. The van der Waals surface area contributed by atoms with Crippen molar-refractivity contribution < 1.29 is 9.15 Å². The van der Waals surface area contributed by atoms with E-state index in [0.717, 1.165) is 16.5 Å². The number of aromatic nitrogens is 4. The second-order valence-corrected chi connectivity index (χ2v) is 5.00. The highest BCUT2D eigenvalue weighted by atomic mass is 16.5. The summed E-state index contributed by atoms with van der Waals surface area (Å²) in [5.74, 6) is 1.02. The molecular formula is C15H15N4O3-. The number of aryl methyl sites for hydroxylation is 2. The van der Waals surface area contributed by atoms with Crippen LogP contribution >= 0.6 is 0 Å². The molecule has 0 bridgehead atoms. The summed E-state index contributed by atoms with van der Waals surface area (Å²) < 4.78 is 11.1. The lowest BCUT2D eigenvalue weighted by Gasteiger charge is -2.12. The van der Waals surface area contributed by atoms with Gasteiger partial charge in [0.2, 0.25) is 0 Å². The molecule has 1 aromatic carbocycles. The summed E-state index contributed by atoms with van der Waals surface area (Å²) in [7, 11) is 0. The molecule has 0 spiro atoms. The number of hydrogen-bond acceptors (Lipinski definition) is 6. The number of rotatable bonds is 4. The monoisotopic (exact) mass is 299 g/mol. The van der Waals surface area contributed by atoms with Crippen molar-refractivity contribution in [3.63, 3.8) is 0 Å². The van der Waals surface area contributed by atoms with E-state index < -0.39 is 0 Å². The molecule has 114 valence electrons. The number of fused-ring (bicyclic) bond motifs is 1. The lowest BCUT2D eigenvalue weighted by Crippen LogP contribution is -2.10. The molecule has 3 aromatic rings. The van der Waals surface area contributed by atoms with Gasteiger partial charge in [-0.2, -0.15) is 5.21 Å². The topological polar surface area (TPSA) is 92.2 Å². The molecule has 7 heteroatoms. The van der Waals surface area contributed by atoms with Gasteiger partial charge in [-0.1, -0.05) is 6.92 Å². The highest BCUT2D eigenvalue weighted by molar-refractivity contribution is 5.85. The third-order valence-electron chi connectivity index (χ3n) is 3.72. The molecule has 0 radical (unpaired) electrons. The number of tetrazole rings is 1. The zero-order chi connectivity index (χ0) is 15.7. The van der Waals surface area contributed by atoms with Crippen molar-refractivity contribution in [2.45, 2.75) is 33.8 Å². The Bertz CT molecular complexity index is 869. The highest BCUT2D eigenvalue weighted by Gasteiger charge is 2.14. The highest BCUT2D eigenvalue weighted by Crippen LogP contribution is 2.29. The third kappa shape index (κ3) is 2.34. The first-order valence-corrected chi connectivity index (χ1v) is 6.98. The first-order chi connectivity index (χ1) is 10.6. The van der Waals surface area contributed by atoms with E-state index >= 15 is 0 Å². The van der Waals surface area contributed by atoms with E-state index in [9.17, 15) is 4.79 Å². The molecule has 0 N–H and O–H groups in total. The second-order valence-electron chi connectivity index (χ2n) is 5.00. The molecule has 2 aromatic heterocycles. The summed E-state index contributed by atoms with van der Waals surface area (Å²) in [4.78, 5) is 12.0. The Balaban J connectivity index is 2.04. The summed E-state index contributed by atoms with van der Waals surface area (Å²) in [6.45, 7) is 5.90. The van der Waals surface area contributed by atoms with Crippen molar-refractivity contribution in [1.29, 1.82) is 0 Å². The van der Waals surface area contributed by atoms with Gasteiger partial charge in [0.25, 0.3) is 0 Å². The molecule has 3 rings (SSSR count). The van der Waals surface area contributed by atoms with Crippen LogP contribution in [0.2, 0.25) is 0 Å². The zero-order valence-electron chi connectivity index (χ0n) is 12.6. The van der Waals surface area contributed by atoms with Gasteiger partial charge in [0.15, 0.2) is 0 Å². The molecule has 2 heterocycles. The van der Waals surface area contributed by atoms with E-state index in [1.165, 1.54) is 0 Å². The number of nitrogens with zero attached hydrogens (tertiary/aromatic N) is 4. The zero-order valence-corrected chi connectivity index (χ0v) is 12.6. The van der Waals surface area contributed by atoms with Gasteiger partial charge in [-0.05, 0) is 38.0 Å². The number of ether oxygens (including phenoxy) is 1. The lowest BCUT2D eigenvalue weighted by atomic mass is 10.0. The summed E-state index contributed by atoms with van der Waals surface area (Å²) in [5.41, 5.74) is 2.70. The van der Waals surface area contributed by atoms with Gasteiger partial charge < -0.3 is 14.3 Å². The van der Waals surface area contributed by atoms with Crippen LogP contribution in [0.15, 0.2) is 21.3 Å². The van der Waals surface area contributed by atoms with Crippen molar-refractivity contribution in [2.24, 2.45) is 0 Å². The van der Waals surface area contributed by atoms with E-state index in [2.05, 4.69) is 20.6 Å². The third-order valence-corrected chi connectivity index (χ3v) is 3.72. The second kappa shape index (κ2) is 5.59. The van der Waals surface area contributed by atoms with Gasteiger partial charge >= 0.3 is 5.63 Å². The fourth-order valence-electron chi connectivity index (χ4n) is 2.50. The fourth-order valence-corrected chi connectivity index (χ4v) is 2.50. The van der Waals surface area contributed by atoms with Crippen LogP contribution in [0, 0.1) is 13.8 Å². The van der Waals surface area contributed by atoms with E-state index in [1.807, 2.05) is 32.9 Å². The minimum atomic E-state index is -0.291. The van der Waals surface area contributed by atoms with Crippen LogP contribution in [0.1, 0.15) is 29.4 Å². The molecule has 0 atom stereocenters. The van der Waals surface area contributed by atoms with Crippen LogP contribution in [-0.4, -0.2) is 15.5 Å². The van der Waals surface area contributed by atoms with Crippen molar-refractivity contribution in [1.82, 2.24) is 20.6 Å². The minimum absolute atomic E-state index is 0.162. The molecule has 0 saturated carbocycles. The molecule has 0 aliphatic heterocycles. The SMILES string of the molecule is CCc1c(C)c2ccc(OCc3nnn[n-]3)c(C)c2oc1=O. The molecule has 0 unspecified atom stereocenters. The maximum Gasteiger partial charge on any atom is 0.339 e. The van der Waals surface area contributed by atoms with E-state index in [1.54, 1.807) is 0 Å². The van der Waals surface area contributed by atoms with Crippen molar-refractivity contribution in [3.05, 3.63) is 45.1 Å². The van der Waals surface area contributed by atoms with Crippen LogP contribution in [-0.2, 0) is 13.0 Å². The quantitative estimate of drug-likeness (QED) is 0.677. The van der Waals surface area contributed by atoms with Crippen LogP contribution in [0.4, 0.5) is 0 Å². The number of benzene rings is 1. The maximum absolute atomic E-state index is 12.0. The first kappa shape index (κ1) is 14.2. The molecule has 0 aliphatic rings. The van der Waals surface area contributed by atoms with Crippen LogP contribution in [0.3, 0.4) is 0 Å². The smallest absolute Gasteiger partial charge is 0.339 e. The Labute approximate surface area is 126 Å². The fraction of sp³-hybridized carbons (Fsp3) is 0.333. The van der Waals surface area contributed by atoms with Gasteiger partial charge in [0, 0.05) is 22.3 Å². The van der Waals surface area contributed by atoms with E-state index in [0.29, 0.717) is 29.1 Å². The normalized spacial score (nSPS) is 11.0. The van der Waals surface area contributed by atoms with Gasteiger partial charge in [0.1, 0.15) is 17.9 Å². The maximum atomic E-state index is 12.0. The van der Waals surface area contributed by atoms with Gasteiger partial charge in [-0.25, -0.2) is 4.79 Å². The van der Waals surface area contributed by atoms with Gasteiger partial charge in [-0.3, -0.25) is 10.3 Å². The Morgan fingerprint density at radius 2 is 2.09 bits per heavy atom. The number of hydrogen-bond donors (Lipinski definition) is 0. The predicted octanol–water partition coefficient (Wildman–Crippen LogP) is 1.69. The molecular weight excluding hydrogens is 284 g/mol. The Hall–Kier alpha value is -2.70. The van der Waals surface area contributed by atoms with Crippen LogP contribution in [0.25, 0.3) is 11.0 Å². The molecule has 0 amide bonds. The van der Waals surface area contributed by atoms with Gasteiger partial charge in [-0.15, -0.1) is 0 Å². The van der Waals surface area contributed by atoms with Crippen molar-refractivity contribution >= 4 is 11.0 Å².